The van der Waals surface area contributed by atoms with Gasteiger partial charge in [-0.3, -0.25) is 18.7 Å². The molecule has 0 radical (unpaired) electrons. The predicted molar refractivity (Wildman–Crippen MR) is 88.3 cm³/mol. The molecule has 0 amide bonds. The van der Waals surface area contributed by atoms with Gasteiger partial charge in [0.25, 0.3) is 15.6 Å². The van der Waals surface area contributed by atoms with E-state index in [1.807, 2.05) is 19.1 Å². The molecule has 1 aromatic heterocycles. The highest BCUT2D eigenvalue weighted by atomic mass is 32.2. The second kappa shape index (κ2) is 6.04. The van der Waals surface area contributed by atoms with Crippen LogP contribution in [-0.2, 0) is 30.5 Å². The quantitative estimate of drug-likeness (QED) is 0.892. The first-order valence-electron chi connectivity index (χ1n) is 7.08. The van der Waals surface area contributed by atoms with Crippen LogP contribution in [0.5, 0.6) is 0 Å². The van der Waals surface area contributed by atoms with E-state index in [-0.39, 0.29) is 5.69 Å². The Labute approximate surface area is 134 Å². The number of hydrogen-bond acceptors (Lipinski definition) is 4. The predicted octanol–water partition coefficient (Wildman–Crippen LogP) is 0.756. The fourth-order valence-electron chi connectivity index (χ4n) is 2.35. The van der Waals surface area contributed by atoms with Crippen molar-refractivity contribution >= 4 is 15.7 Å². The monoisotopic (exact) mass is 337 g/mol. The number of aromatic nitrogens is 2. The molecular formula is C15H19N3O4S. The lowest BCUT2D eigenvalue weighted by Crippen LogP contribution is -2.42. The minimum absolute atomic E-state index is 0.0968. The summed E-state index contributed by atoms with van der Waals surface area (Å²) in [6.45, 7) is 3.34. The number of nitrogens with zero attached hydrogens (tertiary/aromatic N) is 2. The summed E-state index contributed by atoms with van der Waals surface area (Å²) in [5, 5.41) is 0. The molecule has 0 unspecified atom stereocenters. The van der Waals surface area contributed by atoms with Gasteiger partial charge in [-0.1, -0.05) is 25.1 Å². The Hall–Kier alpha value is -2.35. The summed E-state index contributed by atoms with van der Waals surface area (Å²) < 4.78 is 29.8. The fourth-order valence-corrected chi connectivity index (χ4v) is 3.83. The lowest BCUT2D eigenvalue weighted by atomic mass is 10.1. The Kier molecular flexibility index (Phi) is 4.46. The van der Waals surface area contributed by atoms with Crippen molar-refractivity contribution in [2.75, 3.05) is 4.72 Å². The van der Waals surface area contributed by atoms with E-state index in [2.05, 4.69) is 4.72 Å². The molecule has 1 aromatic carbocycles. The van der Waals surface area contributed by atoms with Gasteiger partial charge in [-0.05, 0) is 25.0 Å². The molecule has 0 fully saturated rings. The lowest BCUT2D eigenvalue weighted by molar-refractivity contribution is 0.583. The van der Waals surface area contributed by atoms with Crippen LogP contribution in [0.1, 0.15) is 18.2 Å². The highest BCUT2D eigenvalue weighted by Gasteiger charge is 2.25. The van der Waals surface area contributed by atoms with E-state index in [4.69, 9.17) is 0 Å². The molecule has 1 heterocycles. The summed E-state index contributed by atoms with van der Waals surface area (Å²) in [4.78, 5) is 23.7. The molecule has 23 heavy (non-hydrogen) atoms. The number of anilines is 1. The summed E-state index contributed by atoms with van der Waals surface area (Å²) in [6, 6.07) is 6.97. The molecule has 0 bridgehead atoms. The molecule has 0 saturated heterocycles. The number of hydrogen-bond donors (Lipinski definition) is 1. The lowest BCUT2D eigenvalue weighted by Gasteiger charge is -2.15. The molecule has 0 aliphatic carbocycles. The number of para-hydroxylation sites is 1. The number of nitrogens with one attached hydrogen (secondary N) is 1. The highest BCUT2D eigenvalue weighted by Crippen LogP contribution is 2.20. The summed E-state index contributed by atoms with van der Waals surface area (Å²) in [5.74, 6) is 0. The van der Waals surface area contributed by atoms with Crippen LogP contribution in [0, 0.1) is 6.92 Å². The number of sulfonamides is 1. The van der Waals surface area contributed by atoms with Gasteiger partial charge in [-0.25, -0.2) is 13.2 Å². The van der Waals surface area contributed by atoms with Gasteiger partial charge in [0.05, 0.1) is 5.69 Å². The van der Waals surface area contributed by atoms with E-state index in [0.29, 0.717) is 12.1 Å². The first-order chi connectivity index (χ1) is 10.7. The summed E-state index contributed by atoms with van der Waals surface area (Å²) in [6.07, 6.45) is 0.642. The van der Waals surface area contributed by atoms with Gasteiger partial charge in [0.2, 0.25) is 0 Å². The second-order valence-corrected chi connectivity index (χ2v) is 6.86. The van der Waals surface area contributed by atoms with Crippen molar-refractivity contribution in [2.24, 2.45) is 14.1 Å². The van der Waals surface area contributed by atoms with Crippen LogP contribution >= 0.6 is 0 Å². The minimum atomic E-state index is -4.11. The number of benzene rings is 1. The van der Waals surface area contributed by atoms with Gasteiger partial charge in [0, 0.05) is 19.8 Å². The molecule has 0 aliphatic rings. The molecule has 124 valence electrons. The number of rotatable bonds is 4. The van der Waals surface area contributed by atoms with Crippen molar-refractivity contribution in [3.05, 3.63) is 56.4 Å². The van der Waals surface area contributed by atoms with Crippen LogP contribution in [-0.4, -0.2) is 17.6 Å². The van der Waals surface area contributed by atoms with Crippen LogP contribution in [0.2, 0.25) is 0 Å². The zero-order valence-electron chi connectivity index (χ0n) is 13.5. The van der Waals surface area contributed by atoms with Crippen molar-refractivity contribution in [2.45, 2.75) is 25.2 Å². The maximum atomic E-state index is 12.7. The average molecular weight is 337 g/mol. The van der Waals surface area contributed by atoms with Crippen LogP contribution in [0.15, 0.2) is 38.8 Å². The number of aryl methyl sites for hydroxylation is 1. The van der Waals surface area contributed by atoms with Crippen LogP contribution in [0.4, 0.5) is 5.69 Å². The molecule has 1 N–H and O–H groups in total. The van der Waals surface area contributed by atoms with Gasteiger partial charge in [-0.15, -0.1) is 0 Å². The van der Waals surface area contributed by atoms with E-state index < -0.39 is 26.2 Å². The zero-order valence-corrected chi connectivity index (χ0v) is 14.3. The van der Waals surface area contributed by atoms with Gasteiger partial charge < -0.3 is 0 Å². The molecule has 0 atom stereocenters. The first-order valence-corrected chi connectivity index (χ1v) is 8.56. The molecule has 8 heteroatoms. The van der Waals surface area contributed by atoms with E-state index in [1.165, 1.54) is 21.0 Å². The van der Waals surface area contributed by atoms with E-state index in [1.54, 1.807) is 12.1 Å². The average Bonchev–Trinajstić information content (AvgIpc) is 2.51. The van der Waals surface area contributed by atoms with E-state index in [0.717, 1.165) is 14.7 Å². The van der Waals surface area contributed by atoms with Crippen molar-refractivity contribution in [1.29, 1.82) is 0 Å². The third kappa shape index (κ3) is 2.94. The Morgan fingerprint density at radius 3 is 2.30 bits per heavy atom. The second-order valence-electron chi connectivity index (χ2n) is 5.24. The van der Waals surface area contributed by atoms with Crippen molar-refractivity contribution < 1.29 is 8.42 Å². The van der Waals surface area contributed by atoms with Crippen molar-refractivity contribution in [3.8, 4) is 0 Å². The Morgan fingerprint density at radius 1 is 1.09 bits per heavy atom. The van der Waals surface area contributed by atoms with Gasteiger partial charge in [-0.2, -0.15) is 0 Å². The minimum Gasteiger partial charge on any atom is -0.300 e. The summed E-state index contributed by atoms with van der Waals surface area (Å²) >= 11 is 0. The zero-order chi connectivity index (χ0) is 17.4. The smallest absolute Gasteiger partial charge is 0.300 e. The van der Waals surface area contributed by atoms with Gasteiger partial charge >= 0.3 is 5.69 Å². The summed E-state index contributed by atoms with van der Waals surface area (Å²) in [5.41, 5.74) is -0.0762. The molecule has 7 nitrogen and oxygen atoms in total. The topological polar surface area (TPSA) is 90.2 Å². The van der Waals surface area contributed by atoms with Crippen molar-refractivity contribution in [1.82, 2.24) is 9.13 Å². The molecule has 2 aromatic rings. The molecule has 0 aliphatic heterocycles. The maximum absolute atomic E-state index is 12.7. The van der Waals surface area contributed by atoms with Crippen LogP contribution in [0.25, 0.3) is 0 Å². The first kappa shape index (κ1) is 17.0. The fraction of sp³-hybridized carbons (Fsp3) is 0.333. The Bertz CT molecular complexity index is 971. The SMILES string of the molecule is CCc1ccccc1NS(=O)(=O)c1c(C)n(C)c(=O)n(C)c1=O. The molecular weight excluding hydrogens is 318 g/mol. The van der Waals surface area contributed by atoms with Gasteiger partial charge in [0.1, 0.15) is 0 Å². The third-order valence-electron chi connectivity index (χ3n) is 3.82. The normalized spacial score (nSPS) is 11.5. The van der Waals surface area contributed by atoms with E-state index in [9.17, 15) is 18.0 Å². The van der Waals surface area contributed by atoms with E-state index >= 15 is 0 Å². The Morgan fingerprint density at radius 2 is 1.70 bits per heavy atom. The molecule has 0 saturated carbocycles. The maximum Gasteiger partial charge on any atom is 0.330 e. The standard InChI is InChI=1S/C15H19N3O4S/c1-5-11-8-6-7-9-12(11)16-23(21,22)13-10(2)17(3)15(20)18(4)14(13)19/h6-9,16H,5H2,1-4H3. The van der Waals surface area contributed by atoms with Crippen LogP contribution < -0.4 is 16.0 Å². The summed E-state index contributed by atoms with van der Waals surface area (Å²) in [7, 11) is -1.43. The van der Waals surface area contributed by atoms with Crippen molar-refractivity contribution in [3.63, 3.8) is 0 Å². The third-order valence-corrected chi connectivity index (χ3v) is 5.31. The van der Waals surface area contributed by atoms with Crippen LogP contribution in [0.3, 0.4) is 0 Å². The highest BCUT2D eigenvalue weighted by molar-refractivity contribution is 7.92. The van der Waals surface area contributed by atoms with Gasteiger partial charge in [0.15, 0.2) is 4.90 Å². The largest absolute Gasteiger partial charge is 0.330 e. The molecule has 2 rings (SSSR count). The Balaban J connectivity index is 2.67. The molecule has 0 spiro atoms.